The molecule has 2 aromatic carbocycles. The summed E-state index contributed by atoms with van der Waals surface area (Å²) >= 11 is 0. The summed E-state index contributed by atoms with van der Waals surface area (Å²) in [5.41, 5.74) is 4.27. The predicted molar refractivity (Wildman–Crippen MR) is 87.6 cm³/mol. The Morgan fingerprint density at radius 3 is 2.41 bits per heavy atom. The van der Waals surface area contributed by atoms with Crippen LogP contribution in [0, 0.1) is 0 Å². The number of fused-ring (bicyclic) bond motifs is 1. The summed E-state index contributed by atoms with van der Waals surface area (Å²) < 4.78 is 5.41. The number of anilines is 1. The fraction of sp³-hybridized carbons (Fsp3) is 0.278. The van der Waals surface area contributed by atoms with E-state index >= 15 is 0 Å². The van der Waals surface area contributed by atoms with Gasteiger partial charge >= 0.3 is 0 Å². The van der Waals surface area contributed by atoms with Gasteiger partial charge in [0.2, 0.25) is 0 Å². The molecule has 0 atom stereocenters. The average Bonchev–Trinajstić information content (AvgIpc) is 2.96. The maximum absolute atomic E-state index is 11.8. The summed E-state index contributed by atoms with van der Waals surface area (Å²) in [4.78, 5) is 11.8. The Morgan fingerprint density at radius 1 is 1.14 bits per heavy atom. The standard InChI is InChI=1S/C18H20N2O2/c1-19-18(21)14-7-8-17(22-2)16(11-14)20-15-9-12-5-3-4-6-13(12)10-15/h3-8,11,15,20H,9-10H2,1-2H3,(H,19,21). The Balaban J connectivity index is 1.81. The zero-order chi connectivity index (χ0) is 15.5. The molecular weight excluding hydrogens is 276 g/mol. The van der Waals surface area contributed by atoms with Crippen molar-refractivity contribution in [2.24, 2.45) is 0 Å². The van der Waals surface area contributed by atoms with E-state index in [4.69, 9.17) is 4.74 Å². The van der Waals surface area contributed by atoms with Crippen LogP contribution in [0.1, 0.15) is 21.5 Å². The van der Waals surface area contributed by atoms with Gasteiger partial charge in [0.25, 0.3) is 5.91 Å². The number of nitrogens with one attached hydrogen (secondary N) is 2. The Hall–Kier alpha value is -2.49. The maximum Gasteiger partial charge on any atom is 0.251 e. The van der Waals surface area contributed by atoms with Gasteiger partial charge < -0.3 is 15.4 Å². The van der Waals surface area contributed by atoms with Crippen LogP contribution in [0.3, 0.4) is 0 Å². The number of carbonyl (C=O) groups excluding carboxylic acids is 1. The van der Waals surface area contributed by atoms with Crippen LogP contribution in [0.25, 0.3) is 0 Å². The third-order valence-corrected chi connectivity index (χ3v) is 4.10. The fourth-order valence-corrected chi connectivity index (χ4v) is 2.99. The summed E-state index contributed by atoms with van der Waals surface area (Å²) in [5.74, 6) is 0.657. The SMILES string of the molecule is CNC(=O)c1ccc(OC)c(NC2Cc3ccccc3C2)c1. The summed E-state index contributed by atoms with van der Waals surface area (Å²) in [5, 5.41) is 6.17. The minimum Gasteiger partial charge on any atom is -0.495 e. The van der Waals surface area contributed by atoms with Crippen molar-refractivity contribution in [2.75, 3.05) is 19.5 Å². The number of hydrogen-bond donors (Lipinski definition) is 2. The number of carbonyl (C=O) groups is 1. The highest BCUT2D eigenvalue weighted by Crippen LogP contribution is 2.30. The Morgan fingerprint density at radius 2 is 1.82 bits per heavy atom. The van der Waals surface area contributed by atoms with Crippen molar-refractivity contribution in [3.05, 3.63) is 59.2 Å². The van der Waals surface area contributed by atoms with Crippen molar-refractivity contribution in [3.63, 3.8) is 0 Å². The highest BCUT2D eigenvalue weighted by atomic mass is 16.5. The van der Waals surface area contributed by atoms with Gasteiger partial charge in [0.15, 0.2) is 0 Å². The molecule has 4 heteroatoms. The van der Waals surface area contributed by atoms with Gasteiger partial charge in [-0.25, -0.2) is 0 Å². The lowest BCUT2D eigenvalue weighted by molar-refractivity contribution is 0.0963. The van der Waals surface area contributed by atoms with E-state index in [2.05, 4.69) is 34.9 Å². The number of ether oxygens (including phenoxy) is 1. The molecule has 0 spiro atoms. The molecule has 22 heavy (non-hydrogen) atoms. The first-order chi connectivity index (χ1) is 10.7. The molecule has 0 fully saturated rings. The molecule has 4 nitrogen and oxygen atoms in total. The summed E-state index contributed by atoms with van der Waals surface area (Å²) in [6, 6.07) is 14.3. The normalized spacial score (nSPS) is 13.5. The van der Waals surface area contributed by atoms with Crippen LogP contribution in [-0.4, -0.2) is 26.1 Å². The molecule has 1 amide bonds. The van der Waals surface area contributed by atoms with Crippen molar-refractivity contribution >= 4 is 11.6 Å². The highest BCUT2D eigenvalue weighted by molar-refractivity contribution is 5.95. The number of methoxy groups -OCH3 is 1. The molecule has 1 aliphatic carbocycles. The van der Waals surface area contributed by atoms with Gasteiger partial charge in [0.1, 0.15) is 5.75 Å². The third kappa shape index (κ3) is 2.77. The Bertz CT molecular complexity index is 672. The Kier molecular flexibility index (Phi) is 4.00. The third-order valence-electron chi connectivity index (χ3n) is 4.10. The van der Waals surface area contributed by atoms with Gasteiger partial charge in [-0.1, -0.05) is 24.3 Å². The van der Waals surface area contributed by atoms with E-state index in [0.29, 0.717) is 11.6 Å². The molecule has 0 aliphatic heterocycles. The van der Waals surface area contributed by atoms with Crippen LogP contribution in [0.2, 0.25) is 0 Å². The largest absolute Gasteiger partial charge is 0.495 e. The van der Waals surface area contributed by atoms with Gasteiger partial charge in [-0.3, -0.25) is 4.79 Å². The number of benzene rings is 2. The van der Waals surface area contributed by atoms with Gasteiger partial charge in [-0.15, -0.1) is 0 Å². The van der Waals surface area contributed by atoms with E-state index in [1.165, 1.54) is 11.1 Å². The van der Waals surface area contributed by atoms with Gasteiger partial charge in [-0.05, 0) is 42.2 Å². The van der Waals surface area contributed by atoms with Crippen molar-refractivity contribution in [2.45, 2.75) is 18.9 Å². The highest BCUT2D eigenvalue weighted by Gasteiger charge is 2.22. The van der Waals surface area contributed by atoms with E-state index in [1.807, 2.05) is 12.1 Å². The first-order valence-corrected chi connectivity index (χ1v) is 7.44. The lowest BCUT2D eigenvalue weighted by Crippen LogP contribution is -2.21. The van der Waals surface area contributed by atoms with Crippen LogP contribution in [0.4, 0.5) is 5.69 Å². The maximum atomic E-state index is 11.8. The molecule has 0 unspecified atom stereocenters. The molecule has 0 heterocycles. The number of rotatable bonds is 4. The first-order valence-electron chi connectivity index (χ1n) is 7.44. The molecule has 3 rings (SSSR count). The summed E-state index contributed by atoms with van der Waals surface area (Å²) in [7, 11) is 3.27. The molecule has 1 aliphatic rings. The van der Waals surface area contributed by atoms with Crippen LogP contribution < -0.4 is 15.4 Å². The van der Waals surface area contributed by atoms with Gasteiger partial charge in [-0.2, -0.15) is 0 Å². The molecule has 2 aromatic rings. The number of hydrogen-bond acceptors (Lipinski definition) is 3. The molecule has 0 aromatic heterocycles. The van der Waals surface area contributed by atoms with Crippen molar-refractivity contribution in [1.29, 1.82) is 0 Å². The van der Waals surface area contributed by atoms with E-state index in [0.717, 1.165) is 24.3 Å². The monoisotopic (exact) mass is 296 g/mol. The first kappa shape index (κ1) is 14.4. The fourth-order valence-electron chi connectivity index (χ4n) is 2.99. The quantitative estimate of drug-likeness (QED) is 0.912. The minimum absolute atomic E-state index is 0.0968. The van der Waals surface area contributed by atoms with Crippen LogP contribution >= 0.6 is 0 Å². The lowest BCUT2D eigenvalue weighted by Gasteiger charge is -2.17. The zero-order valence-electron chi connectivity index (χ0n) is 12.8. The molecule has 0 saturated heterocycles. The summed E-state index contributed by atoms with van der Waals surface area (Å²) in [6.07, 6.45) is 1.98. The van der Waals surface area contributed by atoms with Crippen LogP contribution in [0.15, 0.2) is 42.5 Å². The second-order valence-electron chi connectivity index (χ2n) is 5.51. The van der Waals surface area contributed by atoms with Gasteiger partial charge in [0.05, 0.1) is 12.8 Å². The minimum atomic E-state index is -0.0968. The van der Waals surface area contributed by atoms with E-state index < -0.39 is 0 Å². The van der Waals surface area contributed by atoms with Crippen molar-refractivity contribution in [3.8, 4) is 5.75 Å². The van der Waals surface area contributed by atoms with Gasteiger partial charge in [0, 0.05) is 18.7 Å². The summed E-state index contributed by atoms with van der Waals surface area (Å²) in [6.45, 7) is 0. The molecule has 0 saturated carbocycles. The molecule has 114 valence electrons. The molecule has 2 N–H and O–H groups in total. The smallest absolute Gasteiger partial charge is 0.251 e. The van der Waals surface area contributed by atoms with E-state index in [-0.39, 0.29) is 5.91 Å². The average molecular weight is 296 g/mol. The topological polar surface area (TPSA) is 50.4 Å². The predicted octanol–water partition coefficient (Wildman–Crippen LogP) is 2.63. The lowest BCUT2D eigenvalue weighted by atomic mass is 10.1. The zero-order valence-corrected chi connectivity index (χ0v) is 12.8. The van der Waals surface area contributed by atoms with E-state index in [1.54, 1.807) is 20.2 Å². The van der Waals surface area contributed by atoms with Crippen LogP contribution in [0.5, 0.6) is 5.75 Å². The molecule has 0 bridgehead atoms. The second-order valence-corrected chi connectivity index (χ2v) is 5.51. The molecular formula is C18H20N2O2. The van der Waals surface area contributed by atoms with Crippen LogP contribution in [-0.2, 0) is 12.8 Å². The van der Waals surface area contributed by atoms with E-state index in [9.17, 15) is 4.79 Å². The number of amides is 1. The van der Waals surface area contributed by atoms with Crippen molar-refractivity contribution < 1.29 is 9.53 Å². The van der Waals surface area contributed by atoms with Crippen molar-refractivity contribution in [1.82, 2.24) is 5.32 Å². The molecule has 0 radical (unpaired) electrons. The second kappa shape index (κ2) is 6.10. The Labute approximate surface area is 130 Å².